The molecule has 0 saturated carbocycles. The number of unbranched alkanes of at least 4 members (excludes halogenated alkanes) is 6. The normalized spacial score (nSPS) is 11.0. The third-order valence-corrected chi connectivity index (χ3v) is 6.82. The van der Waals surface area contributed by atoms with Crippen LogP contribution in [0, 0.1) is 0 Å². The molecule has 0 aliphatic rings. The minimum absolute atomic E-state index is 0.0922. The summed E-state index contributed by atoms with van der Waals surface area (Å²) in [5.74, 6) is 2.88. The van der Waals surface area contributed by atoms with E-state index >= 15 is 0 Å². The van der Waals surface area contributed by atoms with E-state index in [4.69, 9.17) is 23.7 Å². The molecule has 0 amide bonds. The Hall–Kier alpha value is -2.46. The highest BCUT2D eigenvalue weighted by Gasteiger charge is 2.22. The number of ether oxygens (including phenoxy) is 5. The Morgan fingerprint density at radius 3 is 1.80 bits per heavy atom. The average molecular weight is 505 g/mol. The maximum absolute atomic E-state index is 13.4. The fourth-order valence-electron chi connectivity index (χ4n) is 3.66. The van der Waals surface area contributed by atoms with Crippen molar-refractivity contribution >= 4 is 19.4 Å². The third-order valence-electron chi connectivity index (χ3n) is 5.67. The van der Waals surface area contributed by atoms with Crippen LogP contribution in [0.5, 0.6) is 28.7 Å². The molecule has 2 aromatic carbocycles. The third kappa shape index (κ3) is 9.25. The first-order chi connectivity index (χ1) is 17.1. The lowest BCUT2D eigenvalue weighted by molar-refractivity contribution is 0.108. The number of benzene rings is 2. The van der Waals surface area contributed by atoms with Crippen molar-refractivity contribution < 1.29 is 28.5 Å². The summed E-state index contributed by atoms with van der Waals surface area (Å²) in [7, 11) is 4.47. The van der Waals surface area contributed by atoms with Gasteiger partial charge in [-0.1, -0.05) is 52.4 Å². The monoisotopic (exact) mass is 504 g/mol. The first kappa shape index (κ1) is 28.8. The summed E-state index contributed by atoms with van der Waals surface area (Å²) in [5, 5.41) is 0.837. The highest BCUT2D eigenvalue weighted by Crippen LogP contribution is 2.39. The number of rotatable bonds is 18. The lowest BCUT2D eigenvalue weighted by Crippen LogP contribution is -2.10. The van der Waals surface area contributed by atoms with E-state index in [9.17, 15) is 4.79 Å². The molecule has 0 saturated heterocycles. The maximum atomic E-state index is 13.4. The largest absolute Gasteiger partial charge is 0.496 e. The summed E-state index contributed by atoms with van der Waals surface area (Å²) in [6, 6.07) is 9.16. The number of carbonyl (C=O) groups is 1. The van der Waals surface area contributed by atoms with Crippen molar-refractivity contribution in [3.63, 3.8) is 0 Å². The van der Waals surface area contributed by atoms with Crippen molar-refractivity contribution in [3.8, 4) is 28.7 Å². The predicted octanol–water partition coefficient (Wildman–Crippen LogP) is 6.77. The van der Waals surface area contributed by atoms with Crippen LogP contribution in [0.4, 0.5) is 0 Å². The van der Waals surface area contributed by atoms with Crippen LogP contribution >= 0.6 is 8.58 Å². The summed E-state index contributed by atoms with van der Waals surface area (Å²) in [4.78, 5) is 13.4. The Morgan fingerprint density at radius 1 is 0.686 bits per heavy atom. The van der Waals surface area contributed by atoms with Gasteiger partial charge in [-0.05, 0) is 33.6 Å². The van der Waals surface area contributed by atoms with Crippen molar-refractivity contribution in [3.05, 3.63) is 35.9 Å². The zero-order chi connectivity index (χ0) is 25.5. The molecule has 6 nitrogen and oxygen atoms in total. The van der Waals surface area contributed by atoms with Gasteiger partial charge < -0.3 is 23.7 Å². The summed E-state index contributed by atoms with van der Waals surface area (Å²) < 4.78 is 28.4. The minimum Gasteiger partial charge on any atom is -0.496 e. The van der Waals surface area contributed by atoms with E-state index in [2.05, 4.69) is 13.8 Å². The zero-order valence-electron chi connectivity index (χ0n) is 21.9. The number of methoxy groups -OCH3 is 3. The molecule has 0 bridgehead atoms. The minimum atomic E-state index is -0.159. The van der Waals surface area contributed by atoms with Gasteiger partial charge in [0.25, 0.3) is 0 Å². The van der Waals surface area contributed by atoms with E-state index in [1.54, 1.807) is 19.2 Å². The van der Waals surface area contributed by atoms with Crippen molar-refractivity contribution in [2.75, 3.05) is 34.5 Å². The first-order valence-electron chi connectivity index (χ1n) is 12.6. The second-order valence-electron chi connectivity index (χ2n) is 8.34. The van der Waals surface area contributed by atoms with Gasteiger partial charge in [0, 0.05) is 23.5 Å². The molecule has 1 atom stereocenters. The van der Waals surface area contributed by atoms with Gasteiger partial charge in [-0.2, -0.15) is 0 Å². The Labute approximate surface area is 212 Å². The molecule has 1 unspecified atom stereocenters. The molecule has 2 aromatic rings. The van der Waals surface area contributed by atoms with Gasteiger partial charge >= 0.3 is 0 Å². The molecule has 0 fully saturated rings. The van der Waals surface area contributed by atoms with Gasteiger partial charge in [0.05, 0.1) is 34.5 Å². The molecule has 0 N–H and O–H groups in total. The second kappa shape index (κ2) is 16.3. The van der Waals surface area contributed by atoms with Crippen molar-refractivity contribution in [1.82, 2.24) is 0 Å². The van der Waals surface area contributed by atoms with E-state index in [0.29, 0.717) is 41.8 Å². The molecule has 194 valence electrons. The molecule has 35 heavy (non-hydrogen) atoms. The van der Waals surface area contributed by atoms with Gasteiger partial charge in [-0.25, -0.2) is 0 Å². The van der Waals surface area contributed by atoms with Crippen molar-refractivity contribution in [1.29, 1.82) is 0 Å². The Balaban J connectivity index is 2.22. The van der Waals surface area contributed by atoms with Gasteiger partial charge in [0.15, 0.2) is 5.52 Å². The summed E-state index contributed by atoms with van der Waals surface area (Å²) in [6.07, 6.45) is 9.08. The molecular formula is C28H41O6P. The van der Waals surface area contributed by atoms with Crippen LogP contribution in [0.3, 0.4) is 0 Å². The highest BCUT2D eigenvalue weighted by atomic mass is 31.1. The number of carbonyl (C=O) groups excluding carboxylic acids is 1. The van der Waals surface area contributed by atoms with Crippen LogP contribution in [-0.4, -0.2) is 40.1 Å². The van der Waals surface area contributed by atoms with Gasteiger partial charge in [0.1, 0.15) is 34.3 Å². The van der Waals surface area contributed by atoms with E-state index in [-0.39, 0.29) is 14.1 Å². The zero-order valence-corrected chi connectivity index (χ0v) is 22.9. The molecule has 0 heterocycles. The fourth-order valence-corrected chi connectivity index (χ4v) is 4.71. The van der Waals surface area contributed by atoms with Gasteiger partial charge in [0.2, 0.25) is 0 Å². The summed E-state index contributed by atoms with van der Waals surface area (Å²) >= 11 is 0. The number of hydrogen-bond acceptors (Lipinski definition) is 6. The first-order valence-corrected chi connectivity index (χ1v) is 13.6. The highest BCUT2D eigenvalue weighted by molar-refractivity contribution is 7.66. The van der Waals surface area contributed by atoms with E-state index in [1.165, 1.54) is 39.9 Å². The molecule has 0 radical (unpaired) electrons. The van der Waals surface area contributed by atoms with Gasteiger partial charge in [-0.3, -0.25) is 4.79 Å². The lowest BCUT2D eigenvalue weighted by atomic mass is 10.2. The standard InChI is InChI=1S/C28H41O6P/c1-6-8-10-12-16-33-21-14-15-26(23(18-21)34-17-13-11-9-7-2)35-28(29)27-24(31-4)19-22(30-3)20-25(27)32-5/h14-15,18-20,35H,6-13,16-17H2,1-5H3. The van der Waals surface area contributed by atoms with E-state index < -0.39 is 0 Å². The molecule has 2 rings (SSSR count). The van der Waals surface area contributed by atoms with E-state index in [0.717, 1.165) is 36.7 Å². The smallest absolute Gasteiger partial charge is 0.193 e. The maximum Gasteiger partial charge on any atom is 0.193 e. The van der Waals surface area contributed by atoms with Crippen LogP contribution in [0.2, 0.25) is 0 Å². The van der Waals surface area contributed by atoms with Crippen LogP contribution in [0.1, 0.15) is 75.6 Å². The Morgan fingerprint density at radius 2 is 1.26 bits per heavy atom. The van der Waals surface area contributed by atoms with Crippen LogP contribution in [0.25, 0.3) is 0 Å². The fraction of sp³-hybridized carbons (Fsp3) is 0.536. The van der Waals surface area contributed by atoms with Crippen molar-refractivity contribution in [2.24, 2.45) is 0 Å². The molecule has 7 heteroatoms. The van der Waals surface area contributed by atoms with Crippen LogP contribution in [0.15, 0.2) is 30.3 Å². The topological polar surface area (TPSA) is 63.2 Å². The molecule has 0 aromatic heterocycles. The van der Waals surface area contributed by atoms with Gasteiger partial charge in [-0.15, -0.1) is 0 Å². The van der Waals surface area contributed by atoms with Crippen LogP contribution in [-0.2, 0) is 0 Å². The van der Waals surface area contributed by atoms with Crippen LogP contribution < -0.4 is 29.0 Å². The molecule has 0 aliphatic carbocycles. The molecular weight excluding hydrogens is 463 g/mol. The Bertz CT molecular complexity index is 889. The second-order valence-corrected chi connectivity index (χ2v) is 9.58. The average Bonchev–Trinajstić information content (AvgIpc) is 2.88. The van der Waals surface area contributed by atoms with E-state index in [1.807, 2.05) is 18.2 Å². The van der Waals surface area contributed by atoms with Crippen molar-refractivity contribution in [2.45, 2.75) is 65.2 Å². The summed E-state index contributed by atoms with van der Waals surface area (Å²) in [6.45, 7) is 5.68. The molecule has 0 aliphatic heterocycles. The number of hydrogen-bond donors (Lipinski definition) is 0. The quantitative estimate of drug-likeness (QED) is 0.165. The lowest BCUT2D eigenvalue weighted by Gasteiger charge is -2.16. The predicted molar refractivity (Wildman–Crippen MR) is 144 cm³/mol. The SMILES string of the molecule is CCCCCCOc1ccc(PC(=O)c2c(OC)cc(OC)cc2OC)c(OCCCCCC)c1. The molecule has 0 spiro atoms. The Kier molecular flexibility index (Phi) is 13.4. The summed E-state index contributed by atoms with van der Waals surface area (Å²) in [5.41, 5.74) is 0.310.